The van der Waals surface area contributed by atoms with Crippen molar-refractivity contribution >= 4 is 21.6 Å². The van der Waals surface area contributed by atoms with Crippen molar-refractivity contribution in [3.8, 4) is 0 Å². The number of anilines is 1. The van der Waals surface area contributed by atoms with Gasteiger partial charge in [0.25, 0.3) is 0 Å². The number of hydrogen-bond acceptors (Lipinski definition) is 3. The van der Waals surface area contributed by atoms with E-state index in [1.165, 1.54) is 0 Å². The Balaban J connectivity index is 1.83. The molecule has 1 aliphatic heterocycles. The number of benzene rings is 2. The van der Waals surface area contributed by atoms with Crippen molar-refractivity contribution in [2.24, 2.45) is 0 Å². The lowest BCUT2D eigenvalue weighted by molar-refractivity contribution is -0.119. The Labute approximate surface area is 162 Å². The maximum absolute atomic E-state index is 13.8. The number of nitrogens with zero attached hydrogens (tertiary/aromatic N) is 1. The molecule has 0 spiro atoms. The third-order valence-electron chi connectivity index (χ3n) is 4.66. The standard InChI is InChI=1S/C20H20F2N2O3S/c1-3-8-24-18-6-4-14(10-16(18)13(2)9-20(24)25)12-23-28(26,27)19-7-5-15(21)11-17(19)22/h3-7,10-11,13,23H,1,8-9,12H2,2H3. The lowest BCUT2D eigenvalue weighted by Gasteiger charge is -2.32. The van der Waals surface area contributed by atoms with Crippen molar-refractivity contribution in [1.82, 2.24) is 4.72 Å². The van der Waals surface area contributed by atoms with Gasteiger partial charge in [0.15, 0.2) is 0 Å². The summed E-state index contributed by atoms with van der Waals surface area (Å²) in [5.41, 5.74) is 2.38. The van der Waals surface area contributed by atoms with Crippen molar-refractivity contribution in [1.29, 1.82) is 0 Å². The summed E-state index contributed by atoms with van der Waals surface area (Å²) in [6, 6.07) is 7.63. The fraction of sp³-hybridized carbons (Fsp3) is 0.250. The molecule has 1 heterocycles. The van der Waals surface area contributed by atoms with Crippen LogP contribution < -0.4 is 9.62 Å². The summed E-state index contributed by atoms with van der Waals surface area (Å²) in [6.45, 7) is 5.94. The van der Waals surface area contributed by atoms with Gasteiger partial charge in [0.05, 0.1) is 0 Å². The smallest absolute Gasteiger partial charge is 0.243 e. The summed E-state index contributed by atoms with van der Waals surface area (Å²) >= 11 is 0. The maximum Gasteiger partial charge on any atom is 0.243 e. The van der Waals surface area contributed by atoms with Gasteiger partial charge in [0, 0.05) is 31.3 Å². The van der Waals surface area contributed by atoms with Gasteiger partial charge >= 0.3 is 0 Å². The van der Waals surface area contributed by atoms with Crippen LogP contribution in [0.5, 0.6) is 0 Å². The fourth-order valence-corrected chi connectivity index (χ4v) is 4.32. The van der Waals surface area contributed by atoms with E-state index >= 15 is 0 Å². The minimum absolute atomic E-state index is 0.00494. The van der Waals surface area contributed by atoms with Crippen LogP contribution in [0.3, 0.4) is 0 Å². The van der Waals surface area contributed by atoms with Gasteiger partial charge in [-0.25, -0.2) is 21.9 Å². The predicted molar refractivity (Wildman–Crippen MR) is 102 cm³/mol. The molecular formula is C20H20F2N2O3S. The Morgan fingerprint density at radius 2 is 2.00 bits per heavy atom. The van der Waals surface area contributed by atoms with Crippen molar-refractivity contribution in [3.63, 3.8) is 0 Å². The van der Waals surface area contributed by atoms with Gasteiger partial charge in [-0.2, -0.15) is 0 Å². The molecule has 2 aromatic carbocycles. The first-order valence-electron chi connectivity index (χ1n) is 8.71. The van der Waals surface area contributed by atoms with Gasteiger partial charge in [0.2, 0.25) is 15.9 Å². The zero-order valence-electron chi connectivity index (χ0n) is 15.3. The number of sulfonamides is 1. The van der Waals surface area contributed by atoms with Gasteiger partial charge in [0.1, 0.15) is 16.5 Å². The zero-order valence-corrected chi connectivity index (χ0v) is 16.1. The van der Waals surface area contributed by atoms with Crippen LogP contribution in [0.1, 0.15) is 30.4 Å². The SMILES string of the molecule is C=CCN1C(=O)CC(C)c2cc(CNS(=O)(=O)c3ccc(F)cc3F)ccc21. The minimum atomic E-state index is -4.14. The van der Waals surface area contributed by atoms with Gasteiger partial charge in [-0.05, 0) is 35.2 Å². The average Bonchev–Trinajstić information content (AvgIpc) is 2.63. The van der Waals surface area contributed by atoms with E-state index in [4.69, 9.17) is 0 Å². The Bertz CT molecular complexity index is 1040. The van der Waals surface area contributed by atoms with E-state index in [1.807, 2.05) is 13.0 Å². The summed E-state index contributed by atoms with van der Waals surface area (Å²) in [5.74, 6) is -1.99. The molecule has 1 amide bonds. The summed E-state index contributed by atoms with van der Waals surface area (Å²) in [5, 5.41) is 0. The van der Waals surface area contributed by atoms with Crippen LogP contribution in [0, 0.1) is 11.6 Å². The third kappa shape index (κ3) is 3.98. The van der Waals surface area contributed by atoms with E-state index in [1.54, 1.807) is 23.1 Å². The first-order chi connectivity index (χ1) is 13.2. The Morgan fingerprint density at radius 3 is 2.68 bits per heavy atom. The maximum atomic E-state index is 13.8. The molecule has 0 bridgehead atoms. The van der Waals surface area contributed by atoms with E-state index in [2.05, 4.69) is 11.3 Å². The molecule has 0 radical (unpaired) electrons. The van der Waals surface area contributed by atoms with Crippen molar-refractivity contribution < 1.29 is 22.0 Å². The quantitative estimate of drug-likeness (QED) is 0.747. The van der Waals surface area contributed by atoms with Crippen LogP contribution in [0.15, 0.2) is 53.9 Å². The first kappa shape index (κ1) is 20.2. The predicted octanol–water partition coefficient (Wildman–Crippen LogP) is 3.47. The molecule has 8 heteroatoms. The molecule has 1 atom stereocenters. The molecule has 1 N–H and O–H groups in total. The largest absolute Gasteiger partial charge is 0.308 e. The monoisotopic (exact) mass is 406 g/mol. The molecule has 0 fully saturated rings. The summed E-state index contributed by atoms with van der Waals surface area (Å²) in [7, 11) is -4.14. The lowest BCUT2D eigenvalue weighted by Crippen LogP contribution is -2.36. The van der Waals surface area contributed by atoms with Crippen LogP contribution in [-0.2, 0) is 21.4 Å². The summed E-state index contributed by atoms with van der Waals surface area (Å²) in [6.07, 6.45) is 2.01. The molecule has 1 unspecified atom stereocenters. The molecule has 148 valence electrons. The number of amides is 1. The van der Waals surface area contributed by atoms with Crippen LogP contribution in [-0.4, -0.2) is 20.9 Å². The zero-order chi connectivity index (χ0) is 20.5. The van der Waals surface area contributed by atoms with Gasteiger partial charge < -0.3 is 4.90 Å². The van der Waals surface area contributed by atoms with Gasteiger partial charge in [-0.1, -0.05) is 25.1 Å². The number of halogens is 2. The number of nitrogens with one attached hydrogen (secondary N) is 1. The summed E-state index contributed by atoms with van der Waals surface area (Å²) < 4.78 is 53.8. The van der Waals surface area contributed by atoms with Crippen LogP contribution in [0.2, 0.25) is 0 Å². The number of hydrogen-bond donors (Lipinski definition) is 1. The molecule has 3 rings (SSSR count). The Morgan fingerprint density at radius 1 is 1.25 bits per heavy atom. The van der Waals surface area contributed by atoms with Crippen molar-refractivity contribution in [2.45, 2.75) is 30.7 Å². The molecular weight excluding hydrogens is 386 g/mol. The second kappa shape index (κ2) is 7.81. The molecule has 0 saturated carbocycles. The van der Waals surface area contributed by atoms with Gasteiger partial charge in [-0.15, -0.1) is 6.58 Å². The molecule has 0 aliphatic carbocycles. The minimum Gasteiger partial charge on any atom is -0.308 e. The van der Waals surface area contributed by atoms with E-state index < -0.39 is 26.6 Å². The molecule has 0 aromatic heterocycles. The van der Waals surface area contributed by atoms with Gasteiger partial charge in [-0.3, -0.25) is 4.79 Å². The third-order valence-corrected chi connectivity index (χ3v) is 6.09. The van der Waals surface area contributed by atoms with E-state index in [0.29, 0.717) is 24.6 Å². The van der Waals surface area contributed by atoms with E-state index in [9.17, 15) is 22.0 Å². The highest BCUT2D eigenvalue weighted by Crippen LogP contribution is 2.36. The Hall–Kier alpha value is -2.58. The topological polar surface area (TPSA) is 66.5 Å². The van der Waals surface area contributed by atoms with Crippen LogP contribution in [0.25, 0.3) is 0 Å². The normalized spacial score (nSPS) is 16.8. The molecule has 1 aliphatic rings. The Kier molecular flexibility index (Phi) is 5.62. The molecule has 28 heavy (non-hydrogen) atoms. The number of carbonyl (C=O) groups excluding carboxylic acids is 1. The van der Waals surface area contributed by atoms with Crippen molar-refractivity contribution in [2.75, 3.05) is 11.4 Å². The van der Waals surface area contributed by atoms with Crippen LogP contribution in [0.4, 0.5) is 14.5 Å². The highest BCUT2D eigenvalue weighted by molar-refractivity contribution is 7.89. The van der Waals surface area contributed by atoms with Crippen LogP contribution >= 0.6 is 0 Å². The molecule has 2 aromatic rings. The number of rotatable bonds is 6. The highest BCUT2D eigenvalue weighted by Gasteiger charge is 2.28. The van der Waals surface area contributed by atoms with E-state index in [-0.39, 0.29) is 18.4 Å². The molecule has 0 saturated heterocycles. The highest BCUT2D eigenvalue weighted by atomic mass is 32.2. The van der Waals surface area contributed by atoms with E-state index in [0.717, 1.165) is 23.4 Å². The lowest BCUT2D eigenvalue weighted by atomic mass is 9.89. The second-order valence-corrected chi connectivity index (χ2v) is 8.43. The second-order valence-electron chi connectivity index (χ2n) is 6.69. The number of carbonyl (C=O) groups is 1. The molecule has 5 nitrogen and oxygen atoms in total. The number of fused-ring (bicyclic) bond motifs is 1. The first-order valence-corrected chi connectivity index (χ1v) is 10.2. The average molecular weight is 406 g/mol. The fourth-order valence-electron chi connectivity index (χ4n) is 3.25. The van der Waals surface area contributed by atoms with Crippen molar-refractivity contribution in [3.05, 3.63) is 71.8 Å². The summed E-state index contributed by atoms with van der Waals surface area (Å²) in [4.78, 5) is 13.3.